The maximum absolute atomic E-state index is 13.3. The Kier molecular flexibility index (Phi) is 5.04. The molecule has 9 heteroatoms. The molecule has 1 saturated heterocycles. The van der Waals surface area contributed by atoms with Crippen molar-refractivity contribution in [3.8, 4) is 0 Å². The maximum atomic E-state index is 13.3. The maximum Gasteiger partial charge on any atom is 0.315 e. The second-order valence-corrected chi connectivity index (χ2v) is 8.12. The summed E-state index contributed by atoms with van der Waals surface area (Å²) in [6.07, 6.45) is -0.124. The van der Waals surface area contributed by atoms with Gasteiger partial charge in [-0.1, -0.05) is 30.3 Å². The van der Waals surface area contributed by atoms with E-state index in [4.69, 9.17) is 5.73 Å². The van der Waals surface area contributed by atoms with Gasteiger partial charge in [-0.05, 0) is 37.1 Å². The number of para-hydroxylation sites is 1. The molecular formula is C23H21N3O6. The number of carbonyl (C=O) groups is 5. The van der Waals surface area contributed by atoms with Gasteiger partial charge in [0.25, 0.3) is 17.7 Å². The van der Waals surface area contributed by atoms with Crippen LogP contribution in [0.1, 0.15) is 46.0 Å². The van der Waals surface area contributed by atoms with E-state index in [1.165, 1.54) is 31.2 Å². The van der Waals surface area contributed by atoms with Crippen molar-refractivity contribution in [1.29, 1.82) is 0 Å². The smallest absolute Gasteiger partial charge is 0.315 e. The summed E-state index contributed by atoms with van der Waals surface area (Å²) < 4.78 is 0. The molecule has 4 amide bonds. The molecule has 1 fully saturated rings. The van der Waals surface area contributed by atoms with E-state index >= 15 is 0 Å². The fourth-order valence-corrected chi connectivity index (χ4v) is 4.30. The van der Waals surface area contributed by atoms with Gasteiger partial charge in [-0.3, -0.25) is 33.8 Å². The van der Waals surface area contributed by atoms with Crippen LogP contribution in [-0.4, -0.2) is 57.1 Å². The summed E-state index contributed by atoms with van der Waals surface area (Å²) in [5, 5.41) is 9.97. The van der Waals surface area contributed by atoms with E-state index in [1.54, 1.807) is 24.3 Å². The lowest BCUT2D eigenvalue weighted by Crippen LogP contribution is -2.59. The number of nitrogens with two attached hydrogens (primary N) is 1. The number of anilines is 1. The van der Waals surface area contributed by atoms with Crippen LogP contribution in [0.2, 0.25) is 0 Å². The van der Waals surface area contributed by atoms with E-state index in [-0.39, 0.29) is 35.2 Å². The molecule has 4 rings (SSSR count). The first-order chi connectivity index (χ1) is 15.2. The Bertz CT molecular complexity index is 1140. The van der Waals surface area contributed by atoms with Gasteiger partial charge in [0, 0.05) is 18.7 Å². The van der Waals surface area contributed by atoms with Gasteiger partial charge in [0.2, 0.25) is 5.91 Å². The Hall–Kier alpha value is -4.01. The number of hydrogen-bond acceptors (Lipinski definition) is 6. The molecule has 1 unspecified atom stereocenters. The number of nitrogens with zero attached hydrogens (tertiary/aromatic N) is 2. The number of likely N-dealkylation sites (tertiary alicyclic amines) is 1. The third-order valence-electron chi connectivity index (χ3n) is 6.12. The summed E-state index contributed by atoms with van der Waals surface area (Å²) >= 11 is 0. The Balaban J connectivity index is 1.67. The second-order valence-electron chi connectivity index (χ2n) is 8.12. The standard InChI is InChI=1S/C23H21N3O6/c1-23(22(31)32,15-8-4-5-9-16(15)24)12-25-18(27)11-10-17(21(25)30)26-19(28)13-6-2-3-7-14(13)20(26)29/h2-9,17H,10-12,24H2,1H3,(H,31,32)/t17?,23-/m1/s1. The highest BCUT2D eigenvalue weighted by Crippen LogP contribution is 2.34. The number of carbonyl (C=O) groups excluding carboxylic acids is 4. The first-order valence-corrected chi connectivity index (χ1v) is 10.1. The number of hydrogen-bond donors (Lipinski definition) is 2. The topological polar surface area (TPSA) is 138 Å². The molecule has 2 aliphatic rings. The molecule has 2 aromatic carbocycles. The molecule has 2 heterocycles. The minimum atomic E-state index is -1.68. The van der Waals surface area contributed by atoms with Crippen LogP contribution >= 0.6 is 0 Å². The van der Waals surface area contributed by atoms with Gasteiger partial charge in [-0.2, -0.15) is 0 Å². The molecule has 2 aromatic rings. The number of fused-ring (bicyclic) bond motifs is 1. The monoisotopic (exact) mass is 435 g/mol. The lowest BCUT2D eigenvalue weighted by Gasteiger charge is -2.38. The molecule has 9 nitrogen and oxygen atoms in total. The zero-order valence-corrected chi connectivity index (χ0v) is 17.3. The highest BCUT2D eigenvalue weighted by Gasteiger charge is 2.49. The molecule has 0 spiro atoms. The predicted octanol–water partition coefficient (Wildman–Crippen LogP) is 1.42. The van der Waals surface area contributed by atoms with Gasteiger partial charge in [-0.25, -0.2) is 0 Å². The van der Waals surface area contributed by atoms with Gasteiger partial charge < -0.3 is 10.8 Å². The van der Waals surface area contributed by atoms with Crippen LogP contribution in [0.15, 0.2) is 48.5 Å². The molecule has 2 aliphatic heterocycles. The summed E-state index contributed by atoms with van der Waals surface area (Å²) in [4.78, 5) is 65.6. The summed E-state index contributed by atoms with van der Waals surface area (Å²) in [5.74, 6) is -3.82. The first kappa shape index (κ1) is 21.2. The third-order valence-corrected chi connectivity index (χ3v) is 6.12. The largest absolute Gasteiger partial charge is 0.481 e. The lowest BCUT2D eigenvalue weighted by atomic mass is 9.80. The summed E-state index contributed by atoms with van der Waals surface area (Å²) in [5.41, 5.74) is 5.17. The predicted molar refractivity (Wildman–Crippen MR) is 113 cm³/mol. The number of nitrogen functional groups attached to an aromatic ring is 1. The quantitative estimate of drug-likeness (QED) is 0.535. The summed E-state index contributed by atoms with van der Waals surface area (Å²) in [6, 6.07) is 11.4. The molecular weight excluding hydrogens is 414 g/mol. The van der Waals surface area contributed by atoms with Crippen molar-refractivity contribution in [2.24, 2.45) is 0 Å². The number of carboxylic acids is 1. The van der Waals surface area contributed by atoms with Crippen molar-refractivity contribution in [3.05, 3.63) is 65.2 Å². The summed E-state index contributed by atoms with van der Waals surface area (Å²) in [6.45, 7) is 0.904. The van der Waals surface area contributed by atoms with Crippen molar-refractivity contribution < 1.29 is 29.1 Å². The highest BCUT2D eigenvalue weighted by molar-refractivity contribution is 6.23. The Morgan fingerprint density at radius 3 is 2.16 bits per heavy atom. The van der Waals surface area contributed by atoms with Crippen LogP contribution in [0.4, 0.5) is 5.69 Å². The molecule has 0 aliphatic carbocycles. The number of aliphatic carboxylic acids is 1. The Labute approximate surface area is 183 Å². The van der Waals surface area contributed by atoms with Crippen LogP contribution in [0.3, 0.4) is 0 Å². The summed E-state index contributed by atoms with van der Waals surface area (Å²) in [7, 11) is 0. The van der Waals surface area contributed by atoms with E-state index in [0.29, 0.717) is 0 Å². The van der Waals surface area contributed by atoms with E-state index in [2.05, 4.69) is 0 Å². The number of imide groups is 2. The fourth-order valence-electron chi connectivity index (χ4n) is 4.30. The molecule has 2 atom stereocenters. The minimum Gasteiger partial charge on any atom is -0.481 e. The number of carboxylic acid groups (broad SMARTS) is 1. The van der Waals surface area contributed by atoms with Crippen LogP contribution < -0.4 is 5.73 Å². The highest BCUT2D eigenvalue weighted by atomic mass is 16.4. The van der Waals surface area contributed by atoms with E-state index in [9.17, 15) is 29.1 Å². The van der Waals surface area contributed by atoms with Crippen molar-refractivity contribution in [2.45, 2.75) is 31.2 Å². The van der Waals surface area contributed by atoms with Crippen molar-refractivity contribution >= 4 is 35.3 Å². The van der Waals surface area contributed by atoms with Crippen molar-refractivity contribution in [1.82, 2.24) is 9.80 Å². The molecule has 0 aromatic heterocycles. The van der Waals surface area contributed by atoms with Crippen molar-refractivity contribution in [3.63, 3.8) is 0 Å². The molecule has 164 valence electrons. The van der Waals surface area contributed by atoms with Crippen LogP contribution in [0.5, 0.6) is 0 Å². The van der Waals surface area contributed by atoms with E-state index in [1.807, 2.05) is 0 Å². The minimum absolute atomic E-state index is 0.0170. The van der Waals surface area contributed by atoms with E-state index < -0.39 is 47.6 Å². The number of piperidine rings is 1. The Morgan fingerprint density at radius 2 is 1.59 bits per heavy atom. The Morgan fingerprint density at radius 1 is 1.03 bits per heavy atom. The van der Waals surface area contributed by atoms with Crippen LogP contribution in [0, 0.1) is 0 Å². The zero-order valence-electron chi connectivity index (χ0n) is 17.3. The van der Waals surface area contributed by atoms with Crippen LogP contribution in [0.25, 0.3) is 0 Å². The van der Waals surface area contributed by atoms with Gasteiger partial charge in [0.1, 0.15) is 11.5 Å². The average Bonchev–Trinajstić information content (AvgIpc) is 3.02. The van der Waals surface area contributed by atoms with Gasteiger partial charge in [0.15, 0.2) is 0 Å². The zero-order chi connectivity index (χ0) is 23.2. The fraction of sp³-hybridized carbons (Fsp3) is 0.261. The normalized spacial score (nSPS) is 20.3. The average molecular weight is 435 g/mol. The lowest BCUT2D eigenvalue weighted by molar-refractivity contribution is -0.155. The number of benzene rings is 2. The molecule has 0 radical (unpaired) electrons. The van der Waals surface area contributed by atoms with Gasteiger partial charge in [0.05, 0.1) is 11.1 Å². The first-order valence-electron chi connectivity index (χ1n) is 10.1. The molecule has 0 bridgehead atoms. The molecule has 32 heavy (non-hydrogen) atoms. The van der Waals surface area contributed by atoms with Gasteiger partial charge in [-0.15, -0.1) is 0 Å². The van der Waals surface area contributed by atoms with Crippen molar-refractivity contribution in [2.75, 3.05) is 12.3 Å². The third kappa shape index (κ3) is 3.13. The van der Waals surface area contributed by atoms with E-state index in [0.717, 1.165) is 9.80 Å². The van der Waals surface area contributed by atoms with Crippen LogP contribution in [-0.2, 0) is 19.8 Å². The molecule has 0 saturated carbocycles. The number of rotatable bonds is 5. The number of amides is 4. The van der Waals surface area contributed by atoms with Gasteiger partial charge >= 0.3 is 5.97 Å². The SMILES string of the molecule is C[C@](CN1C(=O)CCC(N2C(=O)c3ccccc3C2=O)C1=O)(C(=O)O)c1ccccc1N. The second kappa shape index (κ2) is 7.60. The molecule has 3 N–H and O–H groups in total.